The summed E-state index contributed by atoms with van der Waals surface area (Å²) in [5.74, 6) is -0.860. The molecule has 0 bridgehead atoms. The van der Waals surface area contributed by atoms with Crippen LogP contribution in [0.2, 0.25) is 0 Å². The number of quaternary nitrogens is 1. The minimum atomic E-state index is -4.66. The molecule has 0 aromatic carbocycles. The molecule has 0 fully saturated rings. The predicted molar refractivity (Wildman–Crippen MR) is 369 cm³/mol. The SMILES string of the molecule is CC/C=C\C/C=C\C/C=C\C/C=C\C/C=C\C/C=C\C/C=C\C/C=C\C/C=C\CCCCCCCCCC(=O)OC(COC(=O)CCCCCCCCCCCCC/C=C\C/C=C\C/C=C\C/C=C\C/C=C\CC)COP(=O)([O-])OCC[N+](C)(C)C. The monoisotopic (exact) mass is 1210 g/mol. The zero-order chi connectivity index (χ0) is 62.6. The van der Waals surface area contributed by atoms with E-state index >= 15 is 0 Å². The second kappa shape index (κ2) is 64.8. The summed E-state index contributed by atoms with van der Waals surface area (Å²) in [6.45, 7) is 3.98. The lowest BCUT2D eigenvalue weighted by Gasteiger charge is -2.28. The third-order valence-electron chi connectivity index (χ3n) is 13.7. The number of likely N-dealkylation sites (N-methyl/N-ethyl adjacent to an activating group) is 1. The molecule has 0 saturated heterocycles. The first kappa shape index (κ1) is 81.4. The molecule has 0 N–H and O–H groups in total. The summed E-state index contributed by atoms with van der Waals surface area (Å²) in [7, 11) is 1.13. The molecule has 0 aliphatic heterocycles. The Hall–Kier alpha value is -4.63. The Morgan fingerprint density at radius 3 is 0.930 bits per heavy atom. The fraction of sp³-hybridized carbons (Fsp3) is 0.605. The van der Waals surface area contributed by atoms with Crippen LogP contribution in [-0.4, -0.2) is 70.0 Å². The van der Waals surface area contributed by atoms with Crippen LogP contribution in [0.25, 0.3) is 0 Å². The zero-order valence-corrected chi connectivity index (χ0v) is 56.1. The molecule has 2 atom stereocenters. The van der Waals surface area contributed by atoms with Gasteiger partial charge in [-0.05, 0) is 128 Å². The highest BCUT2D eigenvalue weighted by molar-refractivity contribution is 7.45. The second-order valence-electron chi connectivity index (χ2n) is 23.1. The highest BCUT2D eigenvalue weighted by Gasteiger charge is 2.22. The van der Waals surface area contributed by atoms with Gasteiger partial charge in [-0.1, -0.05) is 274 Å². The lowest BCUT2D eigenvalue weighted by molar-refractivity contribution is -0.870. The molecule has 486 valence electrons. The maximum atomic E-state index is 12.9. The van der Waals surface area contributed by atoms with Crippen molar-refractivity contribution < 1.29 is 42.1 Å². The van der Waals surface area contributed by atoms with Crippen LogP contribution in [0, 0.1) is 0 Å². The standard InChI is InChI=1S/C76H124NO8P/c1-6-8-10-12-14-16-18-20-22-24-26-28-30-32-34-35-36-37-38-39-40-41-43-45-47-49-51-53-55-57-59-61-63-65-67-69-76(79)85-74(73-84-86(80,81)83-71-70-77(3,4)5)72-82-75(78)68-66-64-62-60-58-56-54-52-50-48-46-44-42-33-31-29-27-25-23-21-19-17-15-13-11-9-7-2/h8-11,14-17,20-23,26-29,32-34,36-37,39-40,42-43,45,49,51,74H,6-7,12-13,18-19,24-25,30-31,35,38,41,44,46-48,50,52-73H2,1-5H3/b10-8-,11-9-,16-14-,17-15-,22-20-,23-21-,28-26-,29-27-,34-32-,37-36-,40-39-,42-33-,45-43-,51-49-. The van der Waals surface area contributed by atoms with Crippen molar-refractivity contribution in [2.24, 2.45) is 0 Å². The quantitative estimate of drug-likeness (QED) is 0.0195. The highest BCUT2D eigenvalue weighted by atomic mass is 31.2. The molecular weight excluding hydrogens is 1090 g/mol. The highest BCUT2D eigenvalue weighted by Crippen LogP contribution is 2.38. The molecule has 0 aliphatic rings. The second-order valence-corrected chi connectivity index (χ2v) is 24.5. The summed E-state index contributed by atoms with van der Waals surface area (Å²) in [5.41, 5.74) is 0. The first-order valence-corrected chi connectivity index (χ1v) is 35.3. The van der Waals surface area contributed by atoms with Gasteiger partial charge in [0.15, 0.2) is 6.10 Å². The van der Waals surface area contributed by atoms with E-state index in [4.69, 9.17) is 18.5 Å². The van der Waals surface area contributed by atoms with Crippen LogP contribution in [0.3, 0.4) is 0 Å². The average molecular weight is 1210 g/mol. The van der Waals surface area contributed by atoms with Gasteiger partial charge in [0.25, 0.3) is 7.82 Å². The number of allylic oxidation sites excluding steroid dienone is 28. The molecule has 0 rings (SSSR count). The Morgan fingerprint density at radius 1 is 0.360 bits per heavy atom. The molecule has 0 aromatic heterocycles. The lowest BCUT2D eigenvalue weighted by atomic mass is 10.0. The number of hydrogen-bond acceptors (Lipinski definition) is 8. The summed E-state index contributed by atoms with van der Waals surface area (Å²) < 4.78 is 34.3. The fourth-order valence-corrected chi connectivity index (χ4v) is 9.35. The van der Waals surface area contributed by atoms with Crippen molar-refractivity contribution in [2.75, 3.05) is 47.5 Å². The van der Waals surface area contributed by atoms with E-state index in [1.165, 1.54) is 57.8 Å². The molecule has 0 amide bonds. The van der Waals surface area contributed by atoms with E-state index in [2.05, 4.69) is 184 Å². The maximum absolute atomic E-state index is 12.9. The van der Waals surface area contributed by atoms with Gasteiger partial charge in [-0.25, -0.2) is 0 Å². The molecule has 0 aliphatic carbocycles. The molecule has 0 heterocycles. The summed E-state index contributed by atoms with van der Waals surface area (Å²) in [5, 5.41) is 0. The Morgan fingerprint density at radius 2 is 0.628 bits per heavy atom. The van der Waals surface area contributed by atoms with Gasteiger partial charge in [-0.15, -0.1) is 0 Å². The van der Waals surface area contributed by atoms with Crippen molar-refractivity contribution in [2.45, 2.75) is 251 Å². The van der Waals surface area contributed by atoms with Crippen molar-refractivity contribution in [3.05, 3.63) is 170 Å². The van der Waals surface area contributed by atoms with E-state index in [0.29, 0.717) is 17.4 Å². The Kier molecular flexibility index (Phi) is 61.3. The van der Waals surface area contributed by atoms with E-state index in [1.54, 1.807) is 0 Å². The molecule has 0 saturated carbocycles. The Balaban J connectivity index is 4.18. The average Bonchev–Trinajstić information content (AvgIpc) is 3.56. The number of carbonyl (C=O) groups excluding carboxylic acids is 2. The number of carbonyl (C=O) groups is 2. The number of unbranched alkanes of at least 4 members (excludes halogenated alkanes) is 18. The summed E-state index contributed by atoms with van der Waals surface area (Å²) in [6, 6.07) is 0. The molecule has 0 aromatic rings. The minimum absolute atomic E-state index is 0.0428. The van der Waals surface area contributed by atoms with Crippen LogP contribution in [-0.2, 0) is 32.7 Å². The summed E-state index contributed by atoms with van der Waals surface area (Å²) in [6.07, 6.45) is 98.4. The summed E-state index contributed by atoms with van der Waals surface area (Å²) >= 11 is 0. The van der Waals surface area contributed by atoms with Gasteiger partial charge in [0.1, 0.15) is 19.8 Å². The summed E-state index contributed by atoms with van der Waals surface area (Å²) in [4.78, 5) is 38.1. The number of phosphoric ester groups is 1. The smallest absolute Gasteiger partial charge is 0.306 e. The minimum Gasteiger partial charge on any atom is -0.756 e. The van der Waals surface area contributed by atoms with Gasteiger partial charge in [-0.2, -0.15) is 0 Å². The van der Waals surface area contributed by atoms with Crippen molar-refractivity contribution in [3.8, 4) is 0 Å². The van der Waals surface area contributed by atoms with Crippen molar-refractivity contribution in [3.63, 3.8) is 0 Å². The van der Waals surface area contributed by atoms with Gasteiger partial charge in [0.05, 0.1) is 27.7 Å². The number of phosphoric acid groups is 1. The van der Waals surface area contributed by atoms with Crippen molar-refractivity contribution >= 4 is 19.8 Å². The first-order chi connectivity index (χ1) is 42.0. The van der Waals surface area contributed by atoms with Gasteiger partial charge >= 0.3 is 11.9 Å². The van der Waals surface area contributed by atoms with Crippen LogP contribution in [0.1, 0.15) is 245 Å². The number of ether oxygens (including phenoxy) is 2. The third kappa shape index (κ3) is 68.5. The van der Waals surface area contributed by atoms with Crippen LogP contribution in [0.4, 0.5) is 0 Å². The molecule has 2 unspecified atom stereocenters. The van der Waals surface area contributed by atoms with E-state index in [0.717, 1.165) is 154 Å². The molecule has 10 heteroatoms. The Bertz CT molecular complexity index is 2060. The molecule has 86 heavy (non-hydrogen) atoms. The normalized spacial score (nSPS) is 14.3. The molecular formula is C76H124NO8P. The number of hydrogen-bond donors (Lipinski definition) is 0. The van der Waals surface area contributed by atoms with E-state index in [-0.39, 0.29) is 26.1 Å². The predicted octanol–water partition coefficient (Wildman–Crippen LogP) is 21.5. The lowest BCUT2D eigenvalue weighted by Crippen LogP contribution is -2.37. The van der Waals surface area contributed by atoms with E-state index < -0.39 is 32.5 Å². The molecule has 0 spiro atoms. The van der Waals surface area contributed by atoms with Gasteiger partial charge in [0, 0.05) is 12.8 Å². The zero-order valence-electron chi connectivity index (χ0n) is 55.2. The van der Waals surface area contributed by atoms with Crippen molar-refractivity contribution in [1.29, 1.82) is 0 Å². The number of rotatable bonds is 60. The molecule has 9 nitrogen and oxygen atoms in total. The van der Waals surface area contributed by atoms with Gasteiger partial charge < -0.3 is 27.9 Å². The van der Waals surface area contributed by atoms with Crippen LogP contribution >= 0.6 is 7.82 Å². The number of esters is 2. The maximum Gasteiger partial charge on any atom is 0.306 e. The van der Waals surface area contributed by atoms with Gasteiger partial charge in [0.2, 0.25) is 0 Å². The third-order valence-corrected chi connectivity index (χ3v) is 14.7. The van der Waals surface area contributed by atoms with E-state index in [9.17, 15) is 19.0 Å². The topological polar surface area (TPSA) is 111 Å². The van der Waals surface area contributed by atoms with Gasteiger partial charge in [-0.3, -0.25) is 14.2 Å². The fourth-order valence-electron chi connectivity index (χ4n) is 8.62. The van der Waals surface area contributed by atoms with E-state index in [1.807, 2.05) is 21.1 Å². The van der Waals surface area contributed by atoms with Crippen molar-refractivity contribution in [1.82, 2.24) is 0 Å². The van der Waals surface area contributed by atoms with Crippen LogP contribution in [0.15, 0.2) is 170 Å². The Labute approximate surface area is 528 Å². The first-order valence-electron chi connectivity index (χ1n) is 33.8. The van der Waals surface area contributed by atoms with Crippen LogP contribution < -0.4 is 4.89 Å². The number of nitrogens with zero attached hydrogens (tertiary/aromatic N) is 1. The largest absolute Gasteiger partial charge is 0.756 e. The van der Waals surface area contributed by atoms with Crippen LogP contribution in [0.5, 0.6) is 0 Å². The molecule has 0 radical (unpaired) electrons.